The monoisotopic (exact) mass is 251 g/mol. The van der Waals surface area contributed by atoms with Crippen molar-refractivity contribution in [1.82, 2.24) is 4.57 Å². The van der Waals surface area contributed by atoms with Crippen LogP contribution in [0.2, 0.25) is 0 Å². The number of aromatic hydroxyl groups is 1. The minimum absolute atomic E-state index is 0.398. The van der Waals surface area contributed by atoms with Gasteiger partial charge in [-0.2, -0.15) is 0 Å². The van der Waals surface area contributed by atoms with Crippen molar-refractivity contribution in [3.05, 3.63) is 65.4 Å². The molecule has 0 saturated heterocycles. The van der Waals surface area contributed by atoms with Crippen LogP contribution < -0.4 is 0 Å². The molecule has 1 N–H and O–H groups in total. The molecule has 0 fully saturated rings. The van der Waals surface area contributed by atoms with Crippen LogP contribution in [0.1, 0.15) is 16.8 Å². The Balaban J connectivity index is 2.16. The predicted molar refractivity (Wildman–Crippen MR) is 78.6 cm³/mol. The number of hydrogen-bond acceptors (Lipinski definition) is 1. The highest BCUT2D eigenvalue weighted by Gasteiger charge is 2.13. The number of nitrogens with zero attached hydrogens (tertiary/aromatic N) is 1. The van der Waals surface area contributed by atoms with E-state index in [0.717, 1.165) is 23.1 Å². The topological polar surface area (TPSA) is 25.2 Å². The van der Waals surface area contributed by atoms with E-state index in [0.29, 0.717) is 5.75 Å². The van der Waals surface area contributed by atoms with Gasteiger partial charge in [-0.3, -0.25) is 0 Å². The second kappa shape index (κ2) is 4.47. The fourth-order valence-electron chi connectivity index (χ4n) is 2.55. The van der Waals surface area contributed by atoms with E-state index in [-0.39, 0.29) is 0 Å². The van der Waals surface area contributed by atoms with Gasteiger partial charge in [0.25, 0.3) is 0 Å². The third kappa shape index (κ3) is 1.99. The lowest BCUT2D eigenvalue weighted by Crippen LogP contribution is -2.01. The zero-order valence-electron chi connectivity index (χ0n) is 11.2. The van der Waals surface area contributed by atoms with Crippen LogP contribution in [0.4, 0.5) is 0 Å². The Morgan fingerprint density at radius 3 is 2.47 bits per heavy atom. The molecule has 0 aliphatic carbocycles. The van der Waals surface area contributed by atoms with Gasteiger partial charge in [-0.1, -0.05) is 42.0 Å². The number of aryl methyl sites for hydroxylation is 1. The SMILES string of the molecule is Cc1ccc2c(c1)c(O)c(C)n2Cc1ccccc1. The Morgan fingerprint density at radius 2 is 1.74 bits per heavy atom. The van der Waals surface area contributed by atoms with E-state index >= 15 is 0 Å². The number of aromatic nitrogens is 1. The highest BCUT2D eigenvalue weighted by molar-refractivity contribution is 5.88. The van der Waals surface area contributed by atoms with Gasteiger partial charge in [-0.25, -0.2) is 0 Å². The number of hydrogen-bond donors (Lipinski definition) is 1. The largest absolute Gasteiger partial charge is 0.505 e. The maximum Gasteiger partial charge on any atom is 0.144 e. The molecular formula is C17H17NO. The standard InChI is InChI=1S/C17H17NO/c1-12-8-9-16-15(10-12)17(19)13(2)18(16)11-14-6-4-3-5-7-14/h3-10,19H,11H2,1-2H3. The molecule has 0 atom stereocenters. The first-order valence-corrected chi connectivity index (χ1v) is 6.49. The van der Waals surface area contributed by atoms with Crippen LogP contribution in [0.25, 0.3) is 10.9 Å². The maximum atomic E-state index is 10.3. The molecule has 19 heavy (non-hydrogen) atoms. The van der Waals surface area contributed by atoms with E-state index in [1.807, 2.05) is 38.1 Å². The van der Waals surface area contributed by atoms with Crippen molar-refractivity contribution in [2.75, 3.05) is 0 Å². The molecule has 96 valence electrons. The Hall–Kier alpha value is -2.22. The highest BCUT2D eigenvalue weighted by atomic mass is 16.3. The van der Waals surface area contributed by atoms with Gasteiger partial charge >= 0.3 is 0 Å². The summed E-state index contributed by atoms with van der Waals surface area (Å²) in [5.74, 6) is 0.398. The second-order valence-corrected chi connectivity index (χ2v) is 5.03. The summed E-state index contributed by atoms with van der Waals surface area (Å²) in [5, 5.41) is 11.2. The third-order valence-electron chi connectivity index (χ3n) is 3.63. The van der Waals surface area contributed by atoms with Gasteiger partial charge in [0.1, 0.15) is 5.75 Å². The lowest BCUT2D eigenvalue weighted by atomic mass is 10.1. The van der Waals surface area contributed by atoms with Crippen LogP contribution >= 0.6 is 0 Å². The van der Waals surface area contributed by atoms with E-state index in [2.05, 4.69) is 28.8 Å². The van der Waals surface area contributed by atoms with Gasteiger partial charge in [0.05, 0.1) is 11.2 Å². The molecule has 0 amide bonds. The zero-order chi connectivity index (χ0) is 13.4. The van der Waals surface area contributed by atoms with Gasteiger partial charge in [0.2, 0.25) is 0 Å². The van der Waals surface area contributed by atoms with Gasteiger partial charge in [0, 0.05) is 11.9 Å². The summed E-state index contributed by atoms with van der Waals surface area (Å²) in [4.78, 5) is 0. The first-order chi connectivity index (χ1) is 9.16. The normalized spacial score (nSPS) is 11.1. The molecule has 0 spiro atoms. The van der Waals surface area contributed by atoms with Gasteiger partial charge < -0.3 is 9.67 Å². The Morgan fingerprint density at radius 1 is 1.00 bits per heavy atom. The molecule has 0 aliphatic rings. The lowest BCUT2D eigenvalue weighted by molar-refractivity contribution is 0.473. The molecule has 0 bridgehead atoms. The summed E-state index contributed by atoms with van der Waals surface area (Å²) in [6.45, 7) is 4.79. The number of fused-ring (bicyclic) bond motifs is 1. The lowest BCUT2D eigenvalue weighted by Gasteiger charge is -2.08. The maximum absolute atomic E-state index is 10.3. The molecule has 2 aromatic carbocycles. The second-order valence-electron chi connectivity index (χ2n) is 5.03. The van der Waals surface area contributed by atoms with Crippen LogP contribution in [0.5, 0.6) is 5.75 Å². The highest BCUT2D eigenvalue weighted by Crippen LogP contribution is 2.32. The predicted octanol–water partition coefficient (Wildman–Crippen LogP) is 4.01. The summed E-state index contributed by atoms with van der Waals surface area (Å²) < 4.78 is 2.17. The summed E-state index contributed by atoms with van der Waals surface area (Å²) in [5.41, 5.74) is 4.41. The van der Waals surface area contributed by atoms with Crippen molar-refractivity contribution >= 4 is 10.9 Å². The molecule has 0 radical (unpaired) electrons. The molecule has 1 aromatic heterocycles. The van der Waals surface area contributed by atoms with Crippen LogP contribution in [0.15, 0.2) is 48.5 Å². The van der Waals surface area contributed by atoms with Crippen molar-refractivity contribution in [3.63, 3.8) is 0 Å². The number of rotatable bonds is 2. The Labute approximate surface area is 112 Å². The van der Waals surface area contributed by atoms with Crippen LogP contribution in [-0.4, -0.2) is 9.67 Å². The average Bonchev–Trinajstić information content (AvgIpc) is 2.65. The van der Waals surface area contributed by atoms with Crippen molar-refractivity contribution in [2.45, 2.75) is 20.4 Å². The summed E-state index contributed by atoms with van der Waals surface area (Å²) in [6.07, 6.45) is 0. The fourth-order valence-corrected chi connectivity index (χ4v) is 2.55. The summed E-state index contributed by atoms with van der Waals surface area (Å²) in [6, 6.07) is 16.5. The van der Waals surface area contributed by atoms with Crippen molar-refractivity contribution in [2.24, 2.45) is 0 Å². The molecule has 2 heteroatoms. The number of benzene rings is 2. The molecule has 0 saturated carbocycles. The molecular weight excluding hydrogens is 234 g/mol. The Kier molecular flexibility index (Phi) is 2.79. The van der Waals surface area contributed by atoms with E-state index in [1.54, 1.807) is 0 Å². The summed E-state index contributed by atoms with van der Waals surface area (Å²) in [7, 11) is 0. The van der Waals surface area contributed by atoms with Crippen molar-refractivity contribution in [3.8, 4) is 5.75 Å². The van der Waals surface area contributed by atoms with Crippen LogP contribution in [-0.2, 0) is 6.54 Å². The van der Waals surface area contributed by atoms with E-state index in [4.69, 9.17) is 0 Å². The van der Waals surface area contributed by atoms with Crippen LogP contribution in [0, 0.1) is 13.8 Å². The fraction of sp³-hybridized carbons (Fsp3) is 0.176. The molecule has 2 nitrogen and oxygen atoms in total. The van der Waals surface area contributed by atoms with Crippen LogP contribution in [0.3, 0.4) is 0 Å². The van der Waals surface area contributed by atoms with Gasteiger partial charge in [0.15, 0.2) is 0 Å². The van der Waals surface area contributed by atoms with E-state index in [9.17, 15) is 5.11 Å². The zero-order valence-corrected chi connectivity index (χ0v) is 11.2. The van der Waals surface area contributed by atoms with Gasteiger partial charge in [-0.15, -0.1) is 0 Å². The smallest absolute Gasteiger partial charge is 0.144 e. The first kappa shape index (κ1) is 11.8. The minimum Gasteiger partial charge on any atom is -0.505 e. The van der Waals surface area contributed by atoms with Crippen molar-refractivity contribution in [1.29, 1.82) is 0 Å². The Bertz CT molecular complexity index is 726. The molecule has 3 rings (SSSR count). The quantitative estimate of drug-likeness (QED) is 0.731. The first-order valence-electron chi connectivity index (χ1n) is 6.49. The van der Waals surface area contributed by atoms with Crippen molar-refractivity contribution < 1.29 is 5.11 Å². The van der Waals surface area contributed by atoms with Gasteiger partial charge in [-0.05, 0) is 31.5 Å². The molecule has 1 heterocycles. The average molecular weight is 251 g/mol. The molecule has 0 unspecified atom stereocenters. The minimum atomic E-state index is 0.398. The van der Waals surface area contributed by atoms with E-state index < -0.39 is 0 Å². The third-order valence-corrected chi connectivity index (χ3v) is 3.63. The molecule has 0 aliphatic heterocycles. The summed E-state index contributed by atoms with van der Waals surface area (Å²) >= 11 is 0. The molecule has 3 aromatic rings. The van der Waals surface area contributed by atoms with E-state index in [1.165, 1.54) is 11.1 Å².